The highest BCUT2D eigenvalue weighted by atomic mass is 32.2. The van der Waals surface area contributed by atoms with Crippen molar-refractivity contribution in [3.05, 3.63) is 15.8 Å². The molecule has 0 amide bonds. The number of anilines is 1. The maximum atomic E-state index is 11.6. The highest BCUT2D eigenvalue weighted by Crippen LogP contribution is 2.28. The third-order valence-electron chi connectivity index (χ3n) is 2.06. The van der Waals surface area contributed by atoms with E-state index in [4.69, 9.17) is 10.4 Å². The number of aryl methyl sites for hydroxylation is 1. The molecule has 0 aliphatic heterocycles. The van der Waals surface area contributed by atoms with Crippen molar-refractivity contribution in [1.82, 2.24) is 0 Å². The number of carboxylic acid groups (broad SMARTS) is 1. The summed E-state index contributed by atoms with van der Waals surface area (Å²) >= 11 is 0.935. The van der Waals surface area contributed by atoms with Crippen LogP contribution in [0.5, 0.6) is 0 Å². The lowest BCUT2D eigenvalue weighted by Crippen LogP contribution is -2.24. The molecule has 0 saturated carbocycles. The Morgan fingerprint density at radius 3 is 2.71 bits per heavy atom. The molecular formula is C9H10N2O4S2. The summed E-state index contributed by atoms with van der Waals surface area (Å²) < 4.78 is 25.4. The van der Waals surface area contributed by atoms with Gasteiger partial charge in [0.15, 0.2) is 5.25 Å². The molecule has 17 heavy (non-hydrogen) atoms. The Morgan fingerprint density at radius 2 is 2.24 bits per heavy atom. The van der Waals surface area contributed by atoms with Gasteiger partial charge < -0.3 is 5.11 Å². The first-order valence-corrected chi connectivity index (χ1v) is 6.94. The standard InChI is InChI=1S/C9H10N2O4S2/c1-5-4-16-8(9(12)13)7(5)11-17(14,15)6(2)3-10/h4,6,11H,1-2H3,(H,12,13). The van der Waals surface area contributed by atoms with Gasteiger partial charge in [0.2, 0.25) is 10.0 Å². The van der Waals surface area contributed by atoms with E-state index in [-0.39, 0.29) is 10.6 Å². The molecule has 0 aliphatic carbocycles. The van der Waals surface area contributed by atoms with Crippen molar-refractivity contribution < 1.29 is 18.3 Å². The predicted molar refractivity (Wildman–Crippen MR) is 63.6 cm³/mol. The largest absolute Gasteiger partial charge is 0.477 e. The van der Waals surface area contributed by atoms with E-state index in [9.17, 15) is 13.2 Å². The maximum Gasteiger partial charge on any atom is 0.348 e. The molecule has 0 fully saturated rings. The van der Waals surface area contributed by atoms with Crippen molar-refractivity contribution >= 4 is 33.0 Å². The van der Waals surface area contributed by atoms with E-state index < -0.39 is 21.2 Å². The second-order valence-corrected chi connectivity index (χ2v) is 6.23. The molecule has 1 atom stereocenters. The lowest BCUT2D eigenvalue weighted by atomic mass is 10.3. The quantitative estimate of drug-likeness (QED) is 0.863. The van der Waals surface area contributed by atoms with Crippen LogP contribution in [-0.4, -0.2) is 24.7 Å². The number of nitrogens with zero attached hydrogens (tertiary/aromatic N) is 1. The number of sulfonamides is 1. The molecule has 2 N–H and O–H groups in total. The molecular weight excluding hydrogens is 264 g/mol. The first kappa shape index (κ1) is 13.5. The first-order valence-electron chi connectivity index (χ1n) is 4.52. The molecule has 6 nitrogen and oxygen atoms in total. The molecule has 0 saturated heterocycles. The van der Waals surface area contributed by atoms with E-state index in [0.29, 0.717) is 5.56 Å². The number of carboxylic acids is 1. The summed E-state index contributed by atoms with van der Waals surface area (Å²) in [5, 5.41) is 17.7. The molecule has 1 aromatic rings. The summed E-state index contributed by atoms with van der Waals surface area (Å²) in [6, 6.07) is 1.59. The van der Waals surface area contributed by atoms with Crippen LogP contribution in [0.25, 0.3) is 0 Å². The number of nitrogens with one attached hydrogen (secondary N) is 1. The fourth-order valence-corrected chi connectivity index (χ4v) is 2.80. The van der Waals surface area contributed by atoms with Crippen LogP contribution < -0.4 is 4.72 Å². The number of thiophene rings is 1. The van der Waals surface area contributed by atoms with Crippen molar-refractivity contribution in [2.45, 2.75) is 19.1 Å². The number of hydrogen-bond donors (Lipinski definition) is 2. The van der Waals surface area contributed by atoms with Crippen LogP contribution in [0.15, 0.2) is 5.38 Å². The maximum absolute atomic E-state index is 11.6. The normalized spacial score (nSPS) is 12.8. The molecule has 0 aliphatic rings. The minimum absolute atomic E-state index is 0.0320. The Morgan fingerprint density at radius 1 is 1.65 bits per heavy atom. The minimum Gasteiger partial charge on any atom is -0.477 e. The third-order valence-corrected chi connectivity index (χ3v) is 4.67. The summed E-state index contributed by atoms with van der Waals surface area (Å²) in [5.74, 6) is -1.20. The fraction of sp³-hybridized carbons (Fsp3) is 0.333. The average Bonchev–Trinajstić information content (AvgIpc) is 2.58. The topological polar surface area (TPSA) is 107 Å². The SMILES string of the molecule is Cc1csc(C(=O)O)c1NS(=O)(=O)C(C)C#N. The number of hydrogen-bond acceptors (Lipinski definition) is 5. The second-order valence-electron chi connectivity index (χ2n) is 3.35. The third kappa shape index (κ3) is 2.75. The Kier molecular flexibility index (Phi) is 3.75. The molecule has 0 spiro atoms. The molecule has 1 rings (SSSR count). The minimum atomic E-state index is -3.88. The molecule has 0 radical (unpaired) electrons. The zero-order chi connectivity index (χ0) is 13.2. The molecule has 0 bridgehead atoms. The van der Waals surface area contributed by atoms with E-state index >= 15 is 0 Å². The highest BCUT2D eigenvalue weighted by molar-refractivity contribution is 7.93. The van der Waals surface area contributed by atoms with Gasteiger partial charge in [-0.15, -0.1) is 11.3 Å². The second kappa shape index (κ2) is 4.73. The predicted octanol–water partition coefficient (Wildman–Crippen LogP) is 1.41. The smallest absolute Gasteiger partial charge is 0.348 e. The Hall–Kier alpha value is -1.59. The first-order chi connectivity index (χ1) is 7.79. The van der Waals surface area contributed by atoms with Crippen LogP contribution in [0.2, 0.25) is 0 Å². The van der Waals surface area contributed by atoms with Gasteiger partial charge in [0.05, 0.1) is 11.8 Å². The summed E-state index contributed by atoms with van der Waals surface area (Å²) in [6.07, 6.45) is 0. The summed E-state index contributed by atoms with van der Waals surface area (Å²) in [6.45, 7) is 2.82. The van der Waals surface area contributed by atoms with Gasteiger partial charge >= 0.3 is 5.97 Å². The van der Waals surface area contributed by atoms with Crippen LogP contribution in [0.1, 0.15) is 22.2 Å². The van der Waals surface area contributed by atoms with Crippen LogP contribution >= 0.6 is 11.3 Å². The zero-order valence-corrected chi connectivity index (χ0v) is 10.7. The van der Waals surface area contributed by atoms with Crippen molar-refractivity contribution in [1.29, 1.82) is 5.26 Å². The van der Waals surface area contributed by atoms with Crippen LogP contribution in [0, 0.1) is 18.3 Å². The van der Waals surface area contributed by atoms with Gasteiger partial charge in [-0.2, -0.15) is 5.26 Å². The van der Waals surface area contributed by atoms with Gasteiger partial charge in [0, 0.05) is 0 Å². The van der Waals surface area contributed by atoms with Crippen molar-refractivity contribution in [2.75, 3.05) is 4.72 Å². The highest BCUT2D eigenvalue weighted by Gasteiger charge is 2.24. The molecule has 1 aromatic heterocycles. The fourth-order valence-electron chi connectivity index (χ4n) is 1.03. The monoisotopic (exact) mass is 274 g/mol. The van der Waals surface area contributed by atoms with E-state index in [2.05, 4.69) is 4.72 Å². The number of aromatic carboxylic acids is 1. The Bertz CT molecular complexity index is 583. The zero-order valence-electron chi connectivity index (χ0n) is 9.09. The summed E-state index contributed by atoms with van der Waals surface area (Å²) in [7, 11) is -3.88. The number of nitriles is 1. The van der Waals surface area contributed by atoms with Gasteiger partial charge in [0.1, 0.15) is 4.88 Å². The van der Waals surface area contributed by atoms with Crippen LogP contribution in [0.4, 0.5) is 5.69 Å². The van der Waals surface area contributed by atoms with Gasteiger partial charge in [0.25, 0.3) is 0 Å². The van der Waals surface area contributed by atoms with E-state index in [1.54, 1.807) is 18.4 Å². The molecule has 92 valence electrons. The van der Waals surface area contributed by atoms with E-state index in [1.165, 1.54) is 6.92 Å². The summed E-state index contributed by atoms with van der Waals surface area (Å²) in [4.78, 5) is 10.8. The van der Waals surface area contributed by atoms with Crippen molar-refractivity contribution in [2.24, 2.45) is 0 Å². The molecule has 1 heterocycles. The van der Waals surface area contributed by atoms with Crippen molar-refractivity contribution in [3.63, 3.8) is 0 Å². The molecule has 8 heteroatoms. The van der Waals surface area contributed by atoms with Crippen molar-refractivity contribution in [3.8, 4) is 6.07 Å². The Balaban J connectivity index is 3.17. The summed E-state index contributed by atoms with van der Waals surface area (Å²) in [5.41, 5.74) is 0.547. The molecule has 1 unspecified atom stereocenters. The van der Waals surface area contributed by atoms with Gasteiger partial charge in [-0.05, 0) is 24.8 Å². The number of rotatable bonds is 4. The Labute approximate surface area is 103 Å². The van der Waals surface area contributed by atoms with Crippen LogP contribution in [-0.2, 0) is 10.0 Å². The van der Waals surface area contributed by atoms with E-state index in [0.717, 1.165) is 11.3 Å². The number of carbonyl (C=O) groups is 1. The lowest BCUT2D eigenvalue weighted by Gasteiger charge is -2.09. The van der Waals surface area contributed by atoms with Gasteiger partial charge in [-0.25, -0.2) is 13.2 Å². The van der Waals surface area contributed by atoms with Gasteiger partial charge in [-0.1, -0.05) is 0 Å². The van der Waals surface area contributed by atoms with E-state index in [1.807, 2.05) is 0 Å². The van der Waals surface area contributed by atoms with Crippen LogP contribution in [0.3, 0.4) is 0 Å². The average molecular weight is 274 g/mol. The molecule has 0 aromatic carbocycles. The lowest BCUT2D eigenvalue weighted by molar-refractivity contribution is 0.0703. The van der Waals surface area contributed by atoms with Gasteiger partial charge in [-0.3, -0.25) is 4.72 Å².